The fraction of sp³-hybridized carbons (Fsp3) is 0.238. The van der Waals surface area contributed by atoms with E-state index in [-0.39, 0.29) is 36.8 Å². The fourth-order valence-corrected chi connectivity index (χ4v) is 2.69. The fourth-order valence-electron chi connectivity index (χ4n) is 2.69. The molecule has 0 saturated heterocycles. The number of aryl methyl sites for hydroxylation is 1. The molecule has 8 heteroatoms. The molecule has 1 heterocycles. The Bertz CT molecular complexity index is 1030. The maximum Gasteiger partial charge on any atom is 0.273 e. The zero-order chi connectivity index (χ0) is 20.6. The molecular weight excluding hydrogens is 375 g/mol. The third-order valence-corrected chi connectivity index (χ3v) is 4.23. The largest absolute Gasteiger partial charge is 0.494 e. The summed E-state index contributed by atoms with van der Waals surface area (Å²) in [4.78, 5) is 26.9. The molecule has 0 atom stereocenters. The van der Waals surface area contributed by atoms with Crippen LogP contribution in [0.2, 0.25) is 0 Å². The van der Waals surface area contributed by atoms with Gasteiger partial charge >= 0.3 is 0 Å². The summed E-state index contributed by atoms with van der Waals surface area (Å²) in [6.45, 7) is 2.55. The van der Waals surface area contributed by atoms with E-state index in [1.165, 1.54) is 6.07 Å². The molecule has 0 saturated carbocycles. The van der Waals surface area contributed by atoms with Gasteiger partial charge in [-0.2, -0.15) is 0 Å². The SMILES string of the molecule is CCOc1ccc(-c2nnc(CCC(=O)NCc3ccccc3F)c(=O)[nH]2)cc1. The van der Waals surface area contributed by atoms with E-state index in [0.717, 1.165) is 5.75 Å². The Kier molecular flexibility index (Phi) is 6.67. The van der Waals surface area contributed by atoms with Crippen LogP contribution in [0.15, 0.2) is 53.3 Å². The average Bonchev–Trinajstić information content (AvgIpc) is 2.73. The van der Waals surface area contributed by atoms with E-state index >= 15 is 0 Å². The summed E-state index contributed by atoms with van der Waals surface area (Å²) in [5.74, 6) is 0.389. The highest BCUT2D eigenvalue weighted by molar-refractivity contribution is 5.76. The van der Waals surface area contributed by atoms with Crippen LogP contribution in [0.5, 0.6) is 5.75 Å². The Hall–Kier alpha value is -3.55. The first kappa shape index (κ1) is 20.2. The van der Waals surface area contributed by atoms with Gasteiger partial charge in [0.1, 0.15) is 17.3 Å². The Labute approximate surface area is 167 Å². The molecule has 2 N–H and O–H groups in total. The van der Waals surface area contributed by atoms with Crippen LogP contribution in [0.25, 0.3) is 11.4 Å². The number of rotatable bonds is 8. The van der Waals surface area contributed by atoms with Crippen molar-refractivity contribution >= 4 is 5.91 Å². The minimum Gasteiger partial charge on any atom is -0.494 e. The highest BCUT2D eigenvalue weighted by Gasteiger charge is 2.10. The minimum absolute atomic E-state index is 0.0502. The van der Waals surface area contributed by atoms with Gasteiger partial charge in [0.25, 0.3) is 5.56 Å². The Balaban J connectivity index is 1.57. The molecule has 29 heavy (non-hydrogen) atoms. The van der Waals surface area contributed by atoms with Gasteiger partial charge in [0.05, 0.1) is 6.61 Å². The molecule has 0 aliphatic rings. The number of carbonyl (C=O) groups excluding carboxylic acids is 1. The second kappa shape index (κ2) is 9.59. The summed E-state index contributed by atoms with van der Waals surface area (Å²) >= 11 is 0. The number of hydrogen-bond donors (Lipinski definition) is 2. The minimum atomic E-state index is -0.397. The molecule has 3 rings (SSSR count). The van der Waals surface area contributed by atoms with Crippen molar-refractivity contribution < 1.29 is 13.9 Å². The molecule has 0 aliphatic heterocycles. The molecule has 150 valence electrons. The summed E-state index contributed by atoms with van der Waals surface area (Å²) in [5, 5.41) is 10.6. The van der Waals surface area contributed by atoms with E-state index < -0.39 is 5.56 Å². The second-order valence-corrected chi connectivity index (χ2v) is 6.27. The standard InChI is InChI=1S/C21H21FN4O3/c1-2-29-16-9-7-14(8-10-16)20-24-21(28)18(25-26-20)11-12-19(27)23-13-15-5-3-4-6-17(15)22/h3-10H,2,11-13H2,1H3,(H,23,27)(H,24,26,28). The van der Waals surface area contributed by atoms with Gasteiger partial charge in [0.2, 0.25) is 5.91 Å². The van der Waals surface area contributed by atoms with Crippen LogP contribution in [-0.2, 0) is 17.8 Å². The summed E-state index contributed by atoms with van der Waals surface area (Å²) in [7, 11) is 0. The van der Waals surface area contributed by atoms with E-state index in [9.17, 15) is 14.0 Å². The maximum absolute atomic E-state index is 13.6. The summed E-state index contributed by atoms with van der Waals surface area (Å²) in [6.07, 6.45) is 0.184. The predicted octanol–water partition coefficient (Wildman–Crippen LogP) is 2.62. The van der Waals surface area contributed by atoms with Crippen LogP contribution in [-0.4, -0.2) is 27.7 Å². The van der Waals surface area contributed by atoms with E-state index in [0.29, 0.717) is 23.6 Å². The third-order valence-electron chi connectivity index (χ3n) is 4.23. The molecule has 0 fully saturated rings. The van der Waals surface area contributed by atoms with Crippen molar-refractivity contribution in [2.45, 2.75) is 26.3 Å². The van der Waals surface area contributed by atoms with Gasteiger partial charge in [-0.15, -0.1) is 10.2 Å². The van der Waals surface area contributed by atoms with Gasteiger partial charge < -0.3 is 15.0 Å². The van der Waals surface area contributed by atoms with Crippen molar-refractivity contribution in [3.05, 3.63) is 76.0 Å². The van der Waals surface area contributed by atoms with Gasteiger partial charge in [-0.3, -0.25) is 9.59 Å². The van der Waals surface area contributed by atoms with E-state index in [1.54, 1.807) is 42.5 Å². The molecule has 0 aliphatic carbocycles. The number of hydrogen-bond acceptors (Lipinski definition) is 5. The summed E-state index contributed by atoms with van der Waals surface area (Å²) in [6, 6.07) is 13.4. The number of nitrogens with one attached hydrogen (secondary N) is 2. The van der Waals surface area contributed by atoms with E-state index in [4.69, 9.17) is 4.74 Å². The number of H-pyrrole nitrogens is 1. The third kappa shape index (κ3) is 5.47. The number of nitrogens with zero attached hydrogens (tertiary/aromatic N) is 2. The van der Waals surface area contributed by atoms with Crippen molar-refractivity contribution in [3.8, 4) is 17.1 Å². The monoisotopic (exact) mass is 396 g/mol. The van der Waals surface area contributed by atoms with Gasteiger partial charge in [0, 0.05) is 30.5 Å². The van der Waals surface area contributed by atoms with E-state index in [1.807, 2.05) is 6.92 Å². The molecular formula is C21H21FN4O3. The Morgan fingerprint density at radius 3 is 2.59 bits per heavy atom. The van der Waals surface area contributed by atoms with Gasteiger partial charge in [-0.05, 0) is 37.3 Å². The van der Waals surface area contributed by atoms with Crippen molar-refractivity contribution in [1.82, 2.24) is 20.5 Å². The van der Waals surface area contributed by atoms with Crippen molar-refractivity contribution in [2.75, 3.05) is 6.61 Å². The van der Waals surface area contributed by atoms with Crippen LogP contribution in [0, 0.1) is 5.82 Å². The molecule has 2 aromatic carbocycles. The smallest absolute Gasteiger partial charge is 0.273 e. The molecule has 1 aromatic heterocycles. The van der Waals surface area contributed by atoms with Crippen LogP contribution in [0.1, 0.15) is 24.6 Å². The molecule has 0 spiro atoms. The number of amides is 1. The highest BCUT2D eigenvalue weighted by Crippen LogP contribution is 2.18. The van der Waals surface area contributed by atoms with Crippen LogP contribution >= 0.6 is 0 Å². The number of ether oxygens (including phenoxy) is 1. The lowest BCUT2D eigenvalue weighted by atomic mass is 10.2. The van der Waals surface area contributed by atoms with Gasteiger partial charge in [0.15, 0.2) is 5.82 Å². The first-order chi connectivity index (χ1) is 14.1. The van der Waals surface area contributed by atoms with Gasteiger partial charge in [-0.25, -0.2) is 4.39 Å². The Morgan fingerprint density at radius 2 is 1.90 bits per heavy atom. The first-order valence-electron chi connectivity index (χ1n) is 9.26. The molecule has 7 nitrogen and oxygen atoms in total. The second-order valence-electron chi connectivity index (χ2n) is 6.27. The van der Waals surface area contributed by atoms with Gasteiger partial charge in [-0.1, -0.05) is 18.2 Å². The first-order valence-corrected chi connectivity index (χ1v) is 9.26. The molecule has 0 bridgehead atoms. The normalized spacial score (nSPS) is 10.6. The number of benzene rings is 2. The number of halogens is 1. The molecule has 3 aromatic rings. The Morgan fingerprint density at radius 1 is 1.14 bits per heavy atom. The average molecular weight is 396 g/mol. The van der Waals surface area contributed by atoms with Crippen LogP contribution in [0.3, 0.4) is 0 Å². The van der Waals surface area contributed by atoms with Crippen LogP contribution < -0.4 is 15.6 Å². The summed E-state index contributed by atoms with van der Waals surface area (Å²) in [5.41, 5.74) is 0.872. The quantitative estimate of drug-likeness (QED) is 0.610. The maximum atomic E-state index is 13.6. The summed E-state index contributed by atoms with van der Waals surface area (Å²) < 4.78 is 18.9. The molecule has 1 amide bonds. The zero-order valence-corrected chi connectivity index (χ0v) is 15.9. The van der Waals surface area contributed by atoms with Crippen molar-refractivity contribution in [2.24, 2.45) is 0 Å². The zero-order valence-electron chi connectivity index (χ0n) is 15.9. The van der Waals surface area contributed by atoms with E-state index in [2.05, 4.69) is 20.5 Å². The van der Waals surface area contributed by atoms with Crippen LogP contribution in [0.4, 0.5) is 4.39 Å². The predicted molar refractivity (Wildman–Crippen MR) is 106 cm³/mol. The van der Waals surface area contributed by atoms with Crippen molar-refractivity contribution in [1.29, 1.82) is 0 Å². The molecule has 0 radical (unpaired) electrons. The topological polar surface area (TPSA) is 97.0 Å². The lowest BCUT2D eigenvalue weighted by molar-refractivity contribution is -0.121. The van der Waals surface area contributed by atoms with Crippen molar-refractivity contribution in [3.63, 3.8) is 0 Å². The highest BCUT2D eigenvalue weighted by atomic mass is 19.1. The lowest BCUT2D eigenvalue weighted by Gasteiger charge is -2.06. The number of aromatic nitrogens is 3. The lowest BCUT2D eigenvalue weighted by Crippen LogP contribution is -2.25. The molecule has 0 unspecified atom stereocenters. The number of carbonyl (C=O) groups is 1. The number of aromatic amines is 1.